The molecule has 37 heavy (non-hydrogen) atoms. The molecule has 11 heteroatoms. The number of anilines is 1. The van der Waals surface area contributed by atoms with Crippen molar-refractivity contribution in [3.63, 3.8) is 0 Å². The highest BCUT2D eigenvalue weighted by Gasteiger charge is 2.29. The Labute approximate surface area is 234 Å². The molecule has 1 saturated carbocycles. The molecule has 0 radical (unpaired) electrons. The number of nitrogens with one attached hydrogen (secondary N) is 1. The second kappa shape index (κ2) is 13.2. The molecule has 3 rings (SSSR count). The third-order valence-corrected chi connectivity index (χ3v) is 8.60. The van der Waals surface area contributed by atoms with Crippen LogP contribution in [0.5, 0.6) is 0 Å². The van der Waals surface area contributed by atoms with Gasteiger partial charge < -0.3 is 10.2 Å². The lowest BCUT2D eigenvalue weighted by molar-refractivity contribution is -0.140. The quantitative estimate of drug-likeness (QED) is 0.367. The SMILES string of the molecule is C[C@H](C(=O)NC1CCCC1)N(Cc1ccccc1Cl)C(=O)CCCN(c1cc(Cl)ccc1Cl)S(C)(=O)=O. The first-order valence-corrected chi connectivity index (χ1v) is 15.2. The van der Waals surface area contributed by atoms with Gasteiger partial charge in [-0.05, 0) is 56.0 Å². The average Bonchev–Trinajstić information content (AvgIpc) is 3.34. The van der Waals surface area contributed by atoms with Gasteiger partial charge in [-0.25, -0.2) is 8.42 Å². The molecule has 7 nitrogen and oxygen atoms in total. The van der Waals surface area contributed by atoms with Crippen LogP contribution >= 0.6 is 34.8 Å². The number of amides is 2. The Morgan fingerprint density at radius 2 is 1.73 bits per heavy atom. The summed E-state index contributed by atoms with van der Waals surface area (Å²) in [6.45, 7) is 1.88. The Morgan fingerprint density at radius 1 is 1.05 bits per heavy atom. The molecule has 1 fully saturated rings. The number of carbonyl (C=O) groups excluding carboxylic acids is 2. The second-order valence-electron chi connectivity index (χ2n) is 9.31. The fourth-order valence-corrected chi connectivity index (χ4v) is 6.04. The van der Waals surface area contributed by atoms with Gasteiger partial charge in [0.25, 0.3) is 0 Å². The molecule has 1 N–H and O–H groups in total. The molecular formula is C26H32Cl3N3O4S. The summed E-state index contributed by atoms with van der Waals surface area (Å²) in [5, 5.41) is 4.14. The molecular weight excluding hydrogens is 557 g/mol. The zero-order chi connectivity index (χ0) is 27.2. The summed E-state index contributed by atoms with van der Waals surface area (Å²) >= 11 is 18.7. The van der Waals surface area contributed by atoms with Crippen molar-refractivity contribution in [1.29, 1.82) is 0 Å². The molecule has 1 atom stereocenters. The molecule has 0 bridgehead atoms. The summed E-state index contributed by atoms with van der Waals surface area (Å²) in [5.74, 6) is -0.490. The first-order valence-electron chi connectivity index (χ1n) is 12.2. The van der Waals surface area contributed by atoms with Gasteiger partial charge in [-0.1, -0.05) is 65.8 Å². The van der Waals surface area contributed by atoms with Gasteiger partial charge in [-0.3, -0.25) is 13.9 Å². The van der Waals surface area contributed by atoms with E-state index >= 15 is 0 Å². The number of hydrogen-bond acceptors (Lipinski definition) is 4. The summed E-state index contributed by atoms with van der Waals surface area (Å²) in [4.78, 5) is 28.0. The topological polar surface area (TPSA) is 86.8 Å². The molecule has 202 valence electrons. The predicted molar refractivity (Wildman–Crippen MR) is 150 cm³/mol. The van der Waals surface area contributed by atoms with Crippen molar-refractivity contribution < 1.29 is 18.0 Å². The van der Waals surface area contributed by atoms with Crippen LogP contribution in [0.15, 0.2) is 42.5 Å². The lowest BCUT2D eigenvalue weighted by Crippen LogP contribution is -2.49. The van der Waals surface area contributed by atoms with Crippen LogP contribution in [-0.2, 0) is 26.2 Å². The zero-order valence-electron chi connectivity index (χ0n) is 20.9. The number of carbonyl (C=O) groups is 2. The largest absolute Gasteiger partial charge is 0.352 e. The monoisotopic (exact) mass is 587 g/mol. The van der Waals surface area contributed by atoms with Crippen molar-refractivity contribution in [2.24, 2.45) is 0 Å². The minimum absolute atomic E-state index is 0.0211. The van der Waals surface area contributed by atoms with E-state index in [2.05, 4.69) is 5.32 Å². The number of hydrogen-bond donors (Lipinski definition) is 1. The van der Waals surface area contributed by atoms with Crippen molar-refractivity contribution in [2.45, 2.75) is 64.1 Å². The highest BCUT2D eigenvalue weighted by molar-refractivity contribution is 7.92. The fourth-order valence-electron chi connectivity index (χ4n) is 4.44. The van der Waals surface area contributed by atoms with Gasteiger partial charge in [0.15, 0.2) is 0 Å². The van der Waals surface area contributed by atoms with Crippen LogP contribution in [0.25, 0.3) is 0 Å². The molecule has 0 unspecified atom stereocenters. The Morgan fingerprint density at radius 3 is 2.38 bits per heavy atom. The standard InChI is InChI=1S/C26H32Cl3N3O4S/c1-18(26(34)30-21-9-4-5-10-21)31(17-19-8-3-6-11-22(19)28)25(33)12-7-15-32(37(2,35)36)24-16-20(27)13-14-23(24)29/h3,6,8,11,13-14,16,18,21H,4-5,7,9-10,12,15,17H2,1-2H3,(H,30,34)/t18-/m1/s1. The van der Waals surface area contributed by atoms with Crippen molar-refractivity contribution in [1.82, 2.24) is 10.2 Å². The van der Waals surface area contributed by atoms with Crippen molar-refractivity contribution >= 4 is 62.3 Å². The summed E-state index contributed by atoms with van der Waals surface area (Å²) < 4.78 is 26.2. The number of benzene rings is 2. The van der Waals surface area contributed by atoms with E-state index in [0.717, 1.165) is 41.8 Å². The van der Waals surface area contributed by atoms with Gasteiger partial charge in [0.05, 0.1) is 17.0 Å². The molecule has 2 aromatic carbocycles. The summed E-state index contributed by atoms with van der Waals surface area (Å²) in [7, 11) is -3.69. The molecule has 2 amide bonds. The molecule has 1 aliphatic rings. The van der Waals surface area contributed by atoms with E-state index in [4.69, 9.17) is 34.8 Å². The van der Waals surface area contributed by atoms with Crippen LogP contribution in [0.3, 0.4) is 0 Å². The van der Waals surface area contributed by atoms with Crippen molar-refractivity contribution in [2.75, 3.05) is 17.1 Å². The third kappa shape index (κ3) is 8.24. The molecule has 0 aromatic heterocycles. The highest BCUT2D eigenvalue weighted by atomic mass is 35.5. The van der Waals surface area contributed by atoms with Crippen LogP contribution < -0.4 is 9.62 Å². The maximum atomic E-state index is 13.4. The van der Waals surface area contributed by atoms with E-state index in [9.17, 15) is 18.0 Å². The van der Waals surface area contributed by atoms with Crippen LogP contribution in [0.2, 0.25) is 15.1 Å². The highest BCUT2D eigenvalue weighted by Crippen LogP contribution is 2.31. The minimum Gasteiger partial charge on any atom is -0.352 e. The Hall–Kier alpha value is -2.00. The van der Waals surface area contributed by atoms with E-state index in [1.807, 2.05) is 12.1 Å². The van der Waals surface area contributed by atoms with Crippen molar-refractivity contribution in [3.05, 3.63) is 63.1 Å². The molecule has 1 aliphatic carbocycles. The average molecular weight is 589 g/mol. The lowest BCUT2D eigenvalue weighted by atomic mass is 10.1. The normalized spacial score (nSPS) is 14.8. The van der Waals surface area contributed by atoms with Crippen LogP contribution in [0, 0.1) is 0 Å². The third-order valence-electron chi connectivity index (χ3n) is 6.50. The lowest BCUT2D eigenvalue weighted by Gasteiger charge is -2.30. The molecule has 0 spiro atoms. The number of halogens is 3. The van der Waals surface area contributed by atoms with Gasteiger partial charge in [0.2, 0.25) is 21.8 Å². The maximum Gasteiger partial charge on any atom is 0.242 e. The summed E-state index contributed by atoms with van der Waals surface area (Å²) in [6.07, 6.45) is 5.34. The smallest absolute Gasteiger partial charge is 0.242 e. The Balaban J connectivity index is 1.75. The van der Waals surface area contributed by atoms with E-state index in [1.165, 1.54) is 17.0 Å². The summed E-state index contributed by atoms with van der Waals surface area (Å²) in [5.41, 5.74) is 0.975. The maximum absolute atomic E-state index is 13.4. The molecule has 0 aliphatic heterocycles. The van der Waals surface area contributed by atoms with E-state index in [-0.39, 0.29) is 54.5 Å². The minimum atomic E-state index is -3.69. The number of sulfonamides is 1. The van der Waals surface area contributed by atoms with Crippen LogP contribution in [0.4, 0.5) is 5.69 Å². The predicted octanol–water partition coefficient (Wildman–Crippen LogP) is 5.67. The Kier molecular flexibility index (Phi) is 10.5. The van der Waals surface area contributed by atoms with Gasteiger partial charge >= 0.3 is 0 Å². The van der Waals surface area contributed by atoms with E-state index in [0.29, 0.717) is 10.0 Å². The molecule has 0 heterocycles. The van der Waals surface area contributed by atoms with Gasteiger partial charge in [-0.2, -0.15) is 0 Å². The molecule has 0 saturated heterocycles. The summed E-state index contributed by atoms with van der Waals surface area (Å²) in [6, 6.07) is 11.2. The number of nitrogens with zero attached hydrogens (tertiary/aromatic N) is 2. The first kappa shape index (κ1) is 29.6. The van der Waals surface area contributed by atoms with Gasteiger partial charge in [0, 0.05) is 35.6 Å². The van der Waals surface area contributed by atoms with Crippen molar-refractivity contribution in [3.8, 4) is 0 Å². The van der Waals surface area contributed by atoms with Crippen LogP contribution in [-0.4, -0.2) is 50.0 Å². The van der Waals surface area contributed by atoms with E-state index < -0.39 is 16.1 Å². The first-order chi connectivity index (χ1) is 17.5. The number of rotatable bonds is 11. The van der Waals surface area contributed by atoms with Gasteiger partial charge in [0.1, 0.15) is 6.04 Å². The Bertz CT molecular complexity index is 1220. The zero-order valence-corrected chi connectivity index (χ0v) is 24.0. The molecule has 2 aromatic rings. The van der Waals surface area contributed by atoms with Crippen LogP contribution in [0.1, 0.15) is 51.0 Å². The fraction of sp³-hybridized carbons (Fsp3) is 0.462. The van der Waals surface area contributed by atoms with E-state index in [1.54, 1.807) is 25.1 Å². The van der Waals surface area contributed by atoms with Gasteiger partial charge in [-0.15, -0.1) is 0 Å². The second-order valence-corrected chi connectivity index (χ2v) is 12.5.